The molecule has 0 aliphatic rings. The average molecular weight is 273 g/mol. The number of ether oxygens (including phenoxy) is 1. The van der Waals surface area contributed by atoms with Crippen LogP contribution in [0.3, 0.4) is 0 Å². The Hall–Kier alpha value is -2.63. The van der Waals surface area contributed by atoms with Gasteiger partial charge in [-0.2, -0.15) is 0 Å². The van der Waals surface area contributed by atoms with E-state index >= 15 is 0 Å². The summed E-state index contributed by atoms with van der Waals surface area (Å²) in [7, 11) is 0. The fraction of sp³-hybridized carbons (Fsp3) is 0.214. The van der Waals surface area contributed by atoms with Gasteiger partial charge in [0.2, 0.25) is 0 Å². The molecule has 2 aromatic rings. The maximum Gasteiger partial charge on any atom is 0.311 e. The summed E-state index contributed by atoms with van der Waals surface area (Å²) in [6, 6.07) is 8.47. The molecule has 2 rings (SSSR count). The molecule has 0 aliphatic carbocycles. The first-order valence-electron chi connectivity index (χ1n) is 6.21. The van der Waals surface area contributed by atoms with Crippen LogP contribution in [0.5, 0.6) is 5.75 Å². The molecule has 0 saturated carbocycles. The van der Waals surface area contributed by atoms with Crippen LogP contribution in [0.1, 0.15) is 18.1 Å². The summed E-state index contributed by atoms with van der Waals surface area (Å²) in [6.07, 6.45) is 2.31. The number of nitrogens with zero attached hydrogens (tertiary/aromatic N) is 2. The largest absolute Gasteiger partial charge is 0.482 e. The second kappa shape index (κ2) is 6.01. The Morgan fingerprint density at radius 1 is 1.40 bits per heavy atom. The Labute approximate surface area is 116 Å². The molecule has 0 fully saturated rings. The van der Waals surface area contributed by atoms with Gasteiger partial charge in [0, 0.05) is 17.8 Å². The summed E-state index contributed by atoms with van der Waals surface area (Å²) in [5.41, 5.74) is 7.26. The maximum absolute atomic E-state index is 11.1. The van der Waals surface area contributed by atoms with Crippen LogP contribution in [0.4, 0.5) is 11.5 Å². The van der Waals surface area contributed by atoms with Crippen molar-refractivity contribution in [2.45, 2.75) is 20.0 Å². The van der Waals surface area contributed by atoms with Gasteiger partial charge >= 0.3 is 5.69 Å². The molecule has 0 spiro atoms. The number of aromatic nitrogens is 1. The maximum atomic E-state index is 11.1. The van der Waals surface area contributed by atoms with Crippen LogP contribution in [-0.2, 0) is 13.0 Å². The smallest absolute Gasteiger partial charge is 0.311 e. The number of nitrogen functional groups attached to an aromatic ring is 1. The number of nitro benzene ring substituents is 1. The van der Waals surface area contributed by atoms with Gasteiger partial charge in [-0.1, -0.05) is 19.1 Å². The summed E-state index contributed by atoms with van der Waals surface area (Å²) >= 11 is 0. The average Bonchev–Trinajstić information content (AvgIpc) is 2.46. The highest BCUT2D eigenvalue weighted by molar-refractivity contribution is 5.49. The standard InChI is InChI=1S/C14H15N3O3/c1-2-10-5-6-13(12(8-10)17(18)19)20-9-11-4-3-7-16-14(11)15/h3-8H,2,9H2,1H3,(H2,15,16). The lowest BCUT2D eigenvalue weighted by Gasteiger charge is -2.09. The van der Waals surface area contributed by atoms with Crippen LogP contribution in [0.2, 0.25) is 0 Å². The van der Waals surface area contributed by atoms with Gasteiger partial charge in [0.1, 0.15) is 12.4 Å². The lowest BCUT2D eigenvalue weighted by atomic mass is 10.1. The van der Waals surface area contributed by atoms with E-state index in [0.29, 0.717) is 11.4 Å². The van der Waals surface area contributed by atoms with Gasteiger partial charge in [-0.25, -0.2) is 4.98 Å². The summed E-state index contributed by atoms with van der Waals surface area (Å²) in [6.45, 7) is 2.09. The summed E-state index contributed by atoms with van der Waals surface area (Å²) < 4.78 is 5.50. The molecule has 0 atom stereocenters. The van der Waals surface area contributed by atoms with Crippen LogP contribution in [0.25, 0.3) is 0 Å². The highest BCUT2D eigenvalue weighted by Gasteiger charge is 2.16. The topological polar surface area (TPSA) is 91.3 Å². The third kappa shape index (κ3) is 3.03. The van der Waals surface area contributed by atoms with Crippen molar-refractivity contribution < 1.29 is 9.66 Å². The normalized spacial score (nSPS) is 10.2. The fourth-order valence-corrected chi connectivity index (χ4v) is 1.78. The van der Waals surface area contributed by atoms with E-state index < -0.39 is 4.92 Å². The zero-order valence-electron chi connectivity index (χ0n) is 11.1. The fourth-order valence-electron chi connectivity index (χ4n) is 1.78. The molecular weight excluding hydrogens is 258 g/mol. The monoisotopic (exact) mass is 273 g/mol. The van der Waals surface area contributed by atoms with Crippen LogP contribution in [-0.4, -0.2) is 9.91 Å². The predicted molar refractivity (Wildman–Crippen MR) is 75.5 cm³/mol. The predicted octanol–water partition coefficient (Wildman–Crippen LogP) is 2.71. The van der Waals surface area contributed by atoms with Crippen molar-refractivity contribution >= 4 is 11.5 Å². The van der Waals surface area contributed by atoms with Crippen molar-refractivity contribution in [3.05, 3.63) is 57.8 Å². The van der Waals surface area contributed by atoms with Gasteiger partial charge in [-0.3, -0.25) is 10.1 Å². The van der Waals surface area contributed by atoms with Gasteiger partial charge in [-0.15, -0.1) is 0 Å². The molecule has 0 radical (unpaired) electrons. The van der Waals surface area contributed by atoms with E-state index in [2.05, 4.69) is 4.98 Å². The Balaban J connectivity index is 2.21. The van der Waals surface area contributed by atoms with E-state index in [4.69, 9.17) is 10.5 Å². The van der Waals surface area contributed by atoms with Gasteiger partial charge < -0.3 is 10.5 Å². The quantitative estimate of drug-likeness (QED) is 0.668. The molecule has 0 amide bonds. The third-order valence-corrected chi connectivity index (χ3v) is 2.94. The van der Waals surface area contributed by atoms with Gasteiger partial charge in [0.05, 0.1) is 4.92 Å². The molecule has 104 valence electrons. The van der Waals surface area contributed by atoms with Gasteiger partial charge in [-0.05, 0) is 24.1 Å². The third-order valence-electron chi connectivity index (χ3n) is 2.94. The van der Waals surface area contributed by atoms with Crippen molar-refractivity contribution in [1.82, 2.24) is 4.98 Å². The van der Waals surface area contributed by atoms with Crippen LogP contribution < -0.4 is 10.5 Å². The van der Waals surface area contributed by atoms with E-state index in [1.54, 1.807) is 24.4 Å². The number of nitrogens with two attached hydrogens (primary N) is 1. The Kier molecular flexibility index (Phi) is 4.14. The minimum Gasteiger partial charge on any atom is -0.482 e. The number of pyridine rings is 1. The molecule has 20 heavy (non-hydrogen) atoms. The number of aryl methyl sites for hydroxylation is 1. The number of benzene rings is 1. The van der Waals surface area contributed by atoms with Crippen LogP contribution >= 0.6 is 0 Å². The summed E-state index contributed by atoms with van der Waals surface area (Å²) in [5, 5.41) is 11.1. The lowest BCUT2D eigenvalue weighted by molar-refractivity contribution is -0.386. The first kappa shape index (κ1) is 13.8. The molecule has 0 unspecified atom stereocenters. The highest BCUT2D eigenvalue weighted by atomic mass is 16.6. The molecule has 1 heterocycles. The summed E-state index contributed by atoms with van der Waals surface area (Å²) in [5.74, 6) is 0.593. The van der Waals surface area contributed by atoms with Crippen molar-refractivity contribution in [3.63, 3.8) is 0 Å². The molecule has 6 heteroatoms. The minimum atomic E-state index is -0.443. The minimum absolute atomic E-state index is 0.0354. The highest BCUT2D eigenvalue weighted by Crippen LogP contribution is 2.29. The van der Waals surface area contributed by atoms with E-state index in [-0.39, 0.29) is 18.0 Å². The Bertz CT molecular complexity index is 629. The van der Waals surface area contributed by atoms with E-state index in [1.807, 2.05) is 13.0 Å². The molecule has 1 aromatic heterocycles. The first-order valence-corrected chi connectivity index (χ1v) is 6.21. The second-order valence-corrected chi connectivity index (χ2v) is 4.25. The zero-order valence-corrected chi connectivity index (χ0v) is 11.1. The number of anilines is 1. The van der Waals surface area contributed by atoms with Gasteiger partial charge in [0.25, 0.3) is 0 Å². The number of hydrogen-bond acceptors (Lipinski definition) is 5. The molecule has 2 N–H and O–H groups in total. The van der Waals surface area contributed by atoms with E-state index in [0.717, 1.165) is 12.0 Å². The SMILES string of the molecule is CCc1ccc(OCc2cccnc2N)c([N+](=O)[O-])c1. The van der Waals surface area contributed by atoms with Crippen molar-refractivity contribution in [2.75, 3.05) is 5.73 Å². The molecule has 6 nitrogen and oxygen atoms in total. The van der Waals surface area contributed by atoms with E-state index in [1.165, 1.54) is 6.07 Å². The summed E-state index contributed by atoms with van der Waals surface area (Å²) in [4.78, 5) is 14.6. The first-order chi connectivity index (χ1) is 9.61. The van der Waals surface area contributed by atoms with E-state index in [9.17, 15) is 10.1 Å². The van der Waals surface area contributed by atoms with Gasteiger partial charge in [0.15, 0.2) is 5.75 Å². The van der Waals surface area contributed by atoms with Crippen molar-refractivity contribution in [1.29, 1.82) is 0 Å². The molecular formula is C14H15N3O3. The van der Waals surface area contributed by atoms with Crippen LogP contribution in [0, 0.1) is 10.1 Å². The van der Waals surface area contributed by atoms with Crippen LogP contribution in [0.15, 0.2) is 36.5 Å². The Morgan fingerprint density at radius 2 is 2.20 bits per heavy atom. The number of rotatable bonds is 5. The molecule has 0 bridgehead atoms. The number of nitro groups is 1. The number of hydrogen-bond donors (Lipinski definition) is 1. The zero-order chi connectivity index (χ0) is 14.5. The molecule has 0 aliphatic heterocycles. The molecule has 1 aromatic carbocycles. The molecule has 0 saturated heterocycles. The Morgan fingerprint density at radius 3 is 2.85 bits per heavy atom. The van der Waals surface area contributed by atoms with Crippen molar-refractivity contribution in [3.8, 4) is 5.75 Å². The van der Waals surface area contributed by atoms with Crippen molar-refractivity contribution in [2.24, 2.45) is 0 Å². The second-order valence-electron chi connectivity index (χ2n) is 4.25. The lowest BCUT2D eigenvalue weighted by Crippen LogP contribution is -2.03.